The Morgan fingerprint density at radius 2 is 1.14 bits per heavy atom. The second-order valence-corrected chi connectivity index (χ2v) is 16.1. The molecule has 2 aliphatic rings. The van der Waals surface area contributed by atoms with E-state index in [1.54, 1.807) is 0 Å². The number of rotatable bonds is 14. The van der Waals surface area contributed by atoms with E-state index in [2.05, 4.69) is 27.0 Å². The molecule has 4 unspecified atom stereocenters. The topological polar surface area (TPSA) is 410 Å². The van der Waals surface area contributed by atoms with Crippen LogP contribution in [0.15, 0.2) is 38.9 Å². The second kappa shape index (κ2) is 14.7. The lowest BCUT2D eigenvalue weighted by molar-refractivity contribution is -0.0543. The van der Waals surface area contributed by atoms with Crippen molar-refractivity contribution in [2.75, 3.05) is 18.9 Å². The van der Waals surface area contributed by atoms with Gasteiger partial charge in [-0.05, 0) is 6.07 Å². The van der Waals surface area contributed by atoms with Crippen LogP contribution in [0.2, 0.25) is 0 Å². The van der Waals surface area contributed by atoms with Gasteiger partial charge in [0.15, 0.2) is 12.5 Å². The number of aromatic amines is 1. The molecule has 31 heteroatoms. The molecule has 0 bridgehead atoms. The number of nitrogen functional groups attached to an aromatic ring is 1. The summed E-state index contributed by atoms with van der Waals surface area (Å²) in [5, 5.41) is 40.8. The fraction of sp³-hybridized carbons (Fsp3) is 0.556. The number of aliphatic hydroxyl groups excluding tert-OH is 4. The molecule has 12 atom stereocenters. The Morgan fingerprint density at radius 1 is 0.714 bits per heavy atom. The molecule has 4 heterocycles. The highest BCUT2D eigenvalue weighted by molar-refractivity contribution is 7.69. The van der Waals surface area contributed by atoms with Gasteiger partial charge >= 0.3 is 42.7 Å². The Morgan fingerprint density at radius 3 is 1.59 bits per heavy atom. The maximum absolute atomic E-state index is 12.2. The Labute approximate surface area is 270 Å². The molecule has 27 nitrogen and oxygen atoms in total. The molecule has 2 aromatic rings. The van der Waals surface area contributed by atoms with Crippen LogP contribution < -0.4 is 22.7 Å². The summed E-state index contributed by atoms with van der Waals surface area (Å²) in [5.74, 6) is -0.187. The highest BCUT2D eigenvalue weighted by atomic mass is 31.3. The molecule has 276 valence electrons. The number of ether oxygens (including phenoxy) is 2. The molecule has 0 radical (unpaired) electrons. The first-order chi connectivity index (χ1) is 22.5. The fourth-order valence-corrected chi connectivity index (χ4v) is 9.20. The summed E-state index contributed by atoms with van der Waals surface area (Å²) in [6.07, 6.45) is -12.3. The van der Waals surface area contributed by atoms with Crippen LogP contribution in [-0.4, -0.2) is 109 Å². The molecule has 49 heavy (non-hydrogen) atoms. The van der Waals surface area contributed by atoms with E-state index in [-0.39, 0.29) is 5.82 Å². The van der Waals surface area contributed by atoms with Gasteiger partial charge < -0.3 is 55.2 Å². The van der Waals surface area contributed by atoms with Gasteiger partial charge in [0.1, 0.15) is 42.4 Å². The van der Waals surface area contributed by atoms with E-state index in [1.165, 1.54) is 0 Å². The summed E-state index contributed by atoms with van der Waals surface area (Å²) in [7, 11) is -24.1. The zero-order chi connectivity index (χ0) is 36.7. The number of aromatic nitrogens is 4. The van der Waals surface area contributed by atoms with E-state index in [0.717, 1.165) is 24.5 Å². The average Bonchev–Trinajstić information content (AvgIpc) is 3.38. The molecule has 0 amide bonds. The summed E-state index contributed by atoms with van der Waals surface area (Å²) in [6.45, 7) is -2.39. The third-order valence-electron chi connectivity index (χ3n) is 6.35. The van der Waals surface area contributed by atoms with Gasteiger partial charge in [-0.15, -0.1) is 0 Å². The number of nitrogens with two attached hydrogens (primary N) is 1. The molecule has 0 aliphatic carbocycles. The lowest BCUT2D eigenvalue weighted by Crippen LogP contribution is -2.37. The lowest BCUT2D eigenvalue weighted by atomic mass is 10.1. The van der Waals surface area contributed by atoms with Crippen LogP contribution in [0.1, 0.15) is 12.5 Å². The molecule has 2 aliphatic heterocycles. The van der Waals surface area contributed by atoms with Gasteiger partial charge in [-0.1, -0.05) is 0 Å². The number of anilines is 1. The summed E-state index contributed by atoms with van der Waals surface area (Å²) >= 11 is 0. The highest BCUT2D eigenvalue weighted by Crippen LogP contribution is 2.71. The van der Waals surface area contributed by atoms with E-state index in [0.29, 0.717) is 9.13 Å². The number of nitrogens with zero attached hydrogens (tertiary/aromatic N) is 3. The van der Waals surface area contributed by atoms with E-state index in [9.17, 15) is 72.6 Å². The minimum absolute atomic E-state index is 0.187. The van der Waals surface area contributed by atoms with Crippen LogP contribution in [0.4, 0.5) is 5.82 Å². The number of hydrogen-bond donors (Lipinski definition) is 10. The minimum Gasteiger partial charge on any atom is -0.387 e. The summed E-state index contributed by atoms with van der Waals surface area (Å²) in [5.41, 5.74) is 2.47. The van der Waals surface area contributed by atoms with Gasteiger partial charge in [0.25, 0.3) is 5.56 Å². The molecule has 0 spiro atoms. The van der Waals surface area contributed by atoms with Crippen LogP contribution in [0.3, 0.4) is 0 Å². The molecule has 2 saturated heterocycles. The third kappa shape index (κ3) is 9.93. The van der Waals surface area contributed by atoms with Crippen LogP contribution in [0.5, 0.6) is 0 Å². The van der Waals surface area contributed by atoms with Crippen LogP contribution in [0.25, 0.3) is 0 Å². The average molecular weight is 789 g/mol. The first kappa shape index (κ1) is 39.5. The highest BCUT2D eigenvalue weighted by Gasteiger charge is 2.50. The van der Waals surface area contributed by atoms with Crippen molar-refractivity contribution in [3.8, 4) is 0 Å². The first-order valence-corrected chi connectivity index (χ1v) is 18.9. The summed E-state index contributed by atoms with van der Waals surface area (Å²) in [4.78, 5) is 79.5. The smallest absolute Gasteiger partial charge is 0.387 e. The Bertz CT molecular complexity index is 1900. The van der Waals surface area contributed by atoms with Crippen molar-refractivity contribution < 1.29 is 89.7 Å². The molecule has 4 rings (SSSR count). The van der Waals surface area contributed by atoms with Crippen LogP contribution >= 0.6 is 31.3 Å². The van der Waals surface area contributed by atoms with Crippen molar-refractivity contribution in [3.63, 3.8) is 0 Å². The van der Waals surface area contributed by atoms with Gasteiger partial charge in [0.2, 0.25) is 0 Å². The second-order valence-electron chi connectivity index (χ2n) is 9.86. The van der Waals surface area contributed by atoms with Crippen molar-refractivity contribution in [1.82, 2.24) is 19.1 Å². The van der Waals surface area contributed by atoms with Crippen LogP contribution in [-0.2, 0) is 49.7 Å². The molecule has 0 aromatic carbocycles. The number of phosphoric acid groups is 4. The number of H-pyrrole nitrogens is 1. The Balaban J connectivity index is 1.30. The van der Waals surface area contributed by atoms with Gasteiger partial charge in [-0.25, -0.2) is 27.8 Å². The van der Waals surface area contributed by atoms with Crippen molar-refractivity contribution in [2.45, 2.75) is 49.1 Å². The van der Waals surface area contributed by atoms with E-state index >= 15 is 0 Å². The number of hydrogen-bond acceptors (Lipinski definition) is 20. The number of nitrogens with one attached hydrogen (secondary N) is 1. The van der Waals surface area contributed by atoms with E-state index in [1.807, 2.05) is 4.98 Å². The fourth-order valence-electron chi connectivity index (χ4n) is 4.24. The molecule has 2 fully saturated rings. The molecule has 2 aromatic heterocycles. The standard InChI is InChI=1S/C18H27N5O22P4/c19-9-1-3-22(17(29)20-9)15-13(27)11(25)7(41-15)5-39-46(31,32)43-48(35,36)45-49(37,38)44-47(33,34)40-6-8-12(26)14(28)16(42-8)23-4-2-10(24)21-18(23)30/h1-4,7-8,11-16,25-28H,5-6H2,(H,31,32)(H,33,34)(H,35,36)(H,37,38)(H2,19,20,29)(H,21,24,30)/t7-,8-,11-,12-,13-,14-,15-,16-/m1/s1. The molecule has 0 saturated carbocycles. The van der Waals surface area contributed by atoms with Gasteiger partial charge in [-0.3, -0.25) is 28.0 Å². The quantitative estimate of drug-likeness (QED) is 0.0818. The van der Waals surface area contributed by atoms with Gasteiger partial charge in [-0.2, -0.15) is 17.9 Å². The maximum Gasteiger partial charge on any atom is 0.490 e. The van der Waals surface area contributed by atoms with Crippen molar-refractivity contribution in [1.29, 1.82) is 0 Å². The first-order valence-electron chi connectivity index (χ1n) is 12.9. The van der Waals surface area contributed by atoms with Crippen molar-refractivity contribution in [2.24, 2.45) is 0 Å². The molecule has 11 N–H and O–H groups in total. The predicted octanol–water partition coefficient (Wildman–Crippen LogP) is -3.90. The zero-order valence-corrected chi connectivity index (χ0v) is 27.4. The normalized spacial score (nSPS) is 32.2. The number of aliphatic hydroxyl groups is 4. The monoisotopic (exact) mass is 789 g/mol. The predicted molar refractivity (Wildman–Crippen MR) is 151 cm³/mol. The minimum atomic E-state index is -6.23. The third-order valence-corrected chi connectivity index (χ3v) is 12.3. The van der Waals surface area contributed by atoms with E-state index in [4.69, 9.17) is 15.2 Å². The summed E-state index contributed by atoms with van der Waals surface area (Å²) < 4.78 is 80.7. The molecular formula is C18H27N5O22P4. The summed E-state index contributed by atoms with van der Waals surface area (Å²) in [6, 6.07) is 2.01. The number of phosphoric ester groups is 2. The Hall–Kier alpha value is -2.32. The van der Waals surface area contributed by atoms with E-state index < -0.39 is 111 Å². The van der Waals surface area contributed by atoms with Crippen molar-refractivity contribution in [3.05, 3.63) is 55.8 Å². The van der Waals surface area contributed by atoms with Crippen LogP contribution in [0, 0.1) is 0 Å². The van der Waals surface area contributed by atoms with Gasteiger partial charge in [0.05, 0.1) is 13.2 Å². The SMILES string of the molecule is Nc1ccn([C@@H]2O[C@H](COP(=O)(O)OP(=O)(O)OP(=O)(O)OP(=O)(O)OC[C@H]3O[C@@H](n4ccc(=O)[nH]c4=O)[C@H](O)[C@@H]3O)[C@@H](O)[C@H]2O)c(=O)n1. The Kier molecular flexibility index (Phi) is 11.9. The van der Waals surface area contributed by atoms with Crippen molar-refractivity contribution >= 4 is 37.1 Å². The zero-order valence-electron chi connectivity index (χ0n) is 23.8. The lowest BCUT2D eigenvalue weighted by Gasteiger charge is -2.21. The van der Waals surface area contributed by atoms with Gasteiger partial charge in [0, 0.05) is 18.5 Å². The largest absolute Gasteiger partial charge is 0.490 e. The maximum atomic E-state index is 12.2. The molecular weight excluding hydrogens is 762 g/mol.